The molecule has 0 aromatic rings. The van der Waals surface area contributed by atoms with E-state index in [4.69, 9.17) is 5.11 Å². The van der Waals surface area contributed by atoms with Gasteiger partial charge < -0.3 is 5.11 Å². The van der Waals surface area contributed by atoms with E-state index in [2.05, 4.69) is 15.9 Å². The molecule has 0 spiro atoms. The molecule has 15 heavy (non-hydrogen) atoms. The number of ketones is 1. The van der Waals surface area contributed by atoms with Crippen molar-refractivity contribution >= 4 is 27.7 Å². The van der Waals surface area contributed by atoms with Crippen LogP contribution >= 0.6 is 15.9 Å². The van der Waals surface area contributed by atoms with Crippen molar-refractivity contribution in [2.24, 2.45) is 10.8 Å². The first-order valence-electron chi connectivity index (χ1n) is 5.19. The number of alkyl halides is 1. The molecular weight excluding hydrogens is 260 g/mol. The maximum Gasteiger partial charge on any atom is 0.303 e. The number of carbonyl (C=O) groups excluding carboxylic acids is 1. The molecule has 4 heteroatoms. The number of hydrogen-bond acceptors (Lipinski definition) is 2. The minimum Gasteiger partial charge on any atom is -0.481 e. The smallest absolute Gasteiger partial charge is 0.303 e. The van der Waals surface area contributed by atoms with Gasteiger partial charge in [-0.05, 0) is 24.7 Å². The Hall–Kier alpha value is -0.380. The van der Waals surface area contributed by atoms with Crippen LogP contribution < -0.4 is 0 Å². The number of aliphatic carboxylic acids is 1. The van der Waals surface area contributed by atoms with E-state index in [1.54, 1.807) is 0 Å². The Morgan fingerprint density at radius 1 is 1.47 bits per heavy atom. The fourth-order valence-corrected chi connectivity index (χ4v) is 4.57. The zero-order valence-corrected chi connectivity index (χ0v) is 10.6. The molecule has 84 valence electrons. The molecule has 2 fully saturated rings. The van der Waals surface area contributed by atoms with Crippen molar-refractivity contribution in [2.45, 2.75) is 43.9 Å². The van der Waals surface area contributed by atoms with Gasteiger partial charge in [0.25, 0.3) is 0 Å². The molecule has 0 aliphatic heterocycles. The van der Waals surface area contributed by atoms with Crippen molar-refractivity contribution in [3.8, 4) is 0 Å². The number of carbonyl (C=O) groups is 2. The number of Topliss-reactive ketones (excluding diaryl/α,β-unsaturated/α-hetero) is 1. The first-order chi connectivity index (χ1) is 6.74. The Morgan fingerprint density at radius 3 is 2.47 bits per heavy atom. The summed E-state index contributed by atoms with van der Waals surface area (Å²) in [6.07, 6.45) is 2.41. The van der Waals surface area contributed by atoms with Crippen LogP contribution in [-0.2, 0) is 9.59 Å². The van der Waals surface area contributed by atoms with Gasteiger partial charge in [0.2, 0.25) is 0 Å². The molecule has 0 unspecified atom stereocenters. The third kappa shape index (κ3) is 1.23. The summed E-state index contributed by atoms with van der Waals surface area (Å²) in [5.41, 5.74) is -0.841. The average Bonchev–Trinajstić information content (AvgIpc) is 2.48. The van der Waals surface area contributed by atoms with Crippen LogP contribution in [0.4, 0.5) is 0 Å². The fraction of sp³-hybridized carbons (Fsp3) is 0.818. The van der Waals surface area contributed by atoms with E-state index < -0.39 is 15.7 Å². The Labute approximate surface area is 97.4 Å². The van der Waals surface area contributed by atoms with Gasteiger partial charge in [-0.15, -0.1) is 0 Å². The highest BCUT2D eigenvalue weighted by Gasteiger charge is 2.69. The van der Waals surface area contributed by atoms with Gasteiger partial charge in [0.1, 0.15) is 0 Å². The number of rotatable bonds is 2. The lowest BCUT2D eigenvalue weighted by Gasteiger charge is -2.40. The second-order valence-corrected chi connectivity index (χ2v) is 6.97. The highest BCUT2D eigenvalue weighted by molar-refractivity contribution is 9.10. The predicted molar refractivity (Wildman–Crippen MR) is 59.0 cm³/mol. The van der Waals surface area contributed by atoms with Crippen LogP contribution in [0.3, 0.4) is 0 Å². The maximum atomic E-state index is 12.2. The second kappa shape index (κ2) is 2.84. The summed E-state index contributed by atoms with van der Waals surface area (Å²) < 4.78 is -0.439. The predicted octanol–water partition coefficient (Wildman–Crippen LogP) is 2.37. The average molecular weight is 275 g/mol. The minimum atomic E-state index is -0.797. The Bertz CT molecular complexity index is 350. The van der Waals surface area contributed by atoms with Crippen LogP contribution in [0.15, 0.2) is 0 Å². The zero-order valence-electron chi connectivity index (χ0n) is 8.97. The molecule has 0 heterocycles. The highest BCUT2D eigenvalue weighted by atomic mass is 79.9. The molecule has 3 nitrogen and oxygen atoms in total. The molecule has 0 saturated heterocycles. The van der Waals surface area contributed by atoms with E-state index in [1.165, 1.54) is 0 Å². The van der Waals surface area contributed by atoms with Crippen LogP contribution in [0.5, 0.6) is 0 Å². The van der Waals surface area contributed by atoms with E-state index in [-0.39, 0.29) is 17.6 Å². The van der Waals surface area contributed by atoms with Crippen molar-refractivity contribution in [2.75, 3.05) is 0 Å². The van der Waals surface area contributed by atoms with Gasteiger partial charge in [-0.3, -0.25) is 9.59 Å². The molecular formula is C11H15BrO3. The third-order valence-corrected chi connectivity index (χ3v) is 5.45. The molecule has 2 aliphatic rings. The minimum absolute atomic E-state index is 0.110. The molecule has 0 amide bonds. The van der Waals surface area contributed by atoms with Crippen LogP contribution in [-0.4, -0.2) is 21.2 Å². The molecule has 2 rings (SSSR count). The molecule has 0 aromatic carbocycles. The van der Waals surface area contributed by atoms with Crippen LogP contribution in [0.1, 0.15) is 39.5 Å². The first kappa shape index (κ1) is 11.1. The Kier molecular flexibility index (Phi) is 2.11. The van der Waals surface area contributed by atoms with E-state index >= 15 is 0 Å². The lowest BCUT2D eigenvalue weighted by Crippen LogP contribution is -2.43. The van der Waals surface area contributed by atoms with Crippen LogP contribution in [0.25, 0.3) is 0 Å². The van der Waals surface area contributed by atoms with Gasteiger partial charge in [0.15, 0.2) is 5.78 Å². The normalized spacial score (nSPS) is 42.2. The summed E-state index contributed by atoms with van der Waals surface area (Å²) in [6.45, 7) is 3.78. The number of halogens is 1. The largest absolute Gasteiger partial charge is 0.481 e. The highest BCUT2D eigenvalue weighted by Crippen LogP contribution is 2.68. The molecule has 2 saturated carbocycles. The lowest BCUT2D eigenvalue weighted by molar-refractivity contribution is -0.143. The monoisotopic (exact) mass is 274 g/mol. The summed E-state index contributed by atoms with van der Waals surface area (Å²) in [6, 6.07) is 0. The van der Waals surface area contributed by atoms with Gasteiger partial charge in [0, 0.05) is 5.41 Å². The molecule has 2 bridgehead atoms. The number of carboxylic acid groups (broad SMARTS) is 1. The summed E-state index contributed by atoms with van der Waals surface area (Å²) in [4.78, 5) is 23.1. The van der Waals surface area contributed by atoms with Gasteiger partial charge in [-0.1, -0.05) is 29.8 Å². The van der Waals surface area contributed by atoms with Crippen LogP contribution in [0.2, 0.25) is 0 Å². The number of fused-ring (bicyclic) bond motifs is 2. The quantitative estimate of drug-likeness (QED) is 0.787. The summed E-state index contributed by atoms with van der Waals surface area (Å²) in [5, 5.41) is 8.96. The zero-order chi connectivity index (χ0) is 11.5. The van der Waals surface area contributed by atoms with E-state index in [9.17, 15) is 9.59 Å². The summed E-state index contributed by atoms with van der Waals surface area (Å²) >= 11 is 3.51. The Balaban J connectivity index is 2.42. The topological polar surface area (TPSA) is 54.4 Å². The molecule has 0 aromatic heterocycles. The SMILES string of the molecule is CC1(C)C(=O)[C@@]2(Br)CC[C@]1(CC(=O)O)C2. The molecule has 1 N–H and O–H groups in total. The molecule has 0 radical (unpaired) electrons. The molecule has 2 atom stereocenters. The van der Waals surface area contributed by atoms with Gasteiger partial charge in [-0.2, -0.15) is 0 Å². The summed E-state index contributed by atoms with van der Waals surface area (Å²) in [5.74, 6) is -0.614. The standard InChI is InChI=1S/C11H15BrO3/c1-9(2)8(15)11(12)4-3-10(9,6-11)5-7(13)14/h3-6H2,1-2H3,(H,13,14)/t10-,11+/m0/s1. The number of hydrogen-bond donors (Lipinski definition) is 1. The van der Waals surface area contributed by atoms with Crippen molar-refractivity contribution < 1.29 is 14.7 Å². The number of carboxylic acids is 1. The molecule has 2 aliphatic carbocycles. The van der Waals surface area contributed by atoms with Gasteiger partial charge >= 0.3 is 5.97 Å². The van der Waals surface area contributed by atoms with Gasteiger partial charge in [-0.25, -0.2) is 0 Å². The van der Waals surface area contributed by atoms with Crippen molar-refractivity contribution in [3.63, 3.8) is 0 Å². The third-order valence-electron chi connectivity index (χ3n) is 4.41. The van der Waals surface area contributed by atoms with E-state index in [0.29, 0.717) is 6.42 Å². The van der Waals surface area contributed by atoms with Gasteiger partial charge in [0.05, 0.1) is 10.7 Å². The first-order valence-corrected chi connectivity index (χ1v) is 5.99. The lowest BCUT2D eigenvalue weighted by atomic mass is 9.63. The Morgan fingerprint density at radius 2 is 2.07 bits per heavy atom. The maximum absolute atomic E-state index is 12.2. The van der Waals surface area contributed by atoms with Crippen molar-refractivity contribution in [1.82, 2.24) is 0 Å². The fourth-order valence-electron chi connectivity index (χ4n) is 3.34. The van der Waals surface area contributed by atoms with E-state index in [0.717, 1.165) is 12.8 Å². The summed E-state index contributed by atoms with van der Waals surface area (Å²) in [7, 11) is 0. The van der Waals surface area contributed by atoms with Crippen LogP contribution in [0, 0.1) is 10.8 Å². The van der Waals surface area contributed by atoms with Crippen molar-refractivity contribution in [3.05, 3.63) is 0 Å². The second-order valence-electron chi connectivity index (χ2n) is 5.45. The van der Waals surface area contributed by atoms with E-state index in [1.807, 2.05) is 13.8 Å². The van der Waals surface area contributed by atoms with Crippen molar-refractivity contribution in [1.29, 1.82) is 0 Å².